The van der Waals surface area contributed by atoms with Gasteiger partial charge in [-0.1, -0.05) is 19.8 Å². The van der Waals surface area contributed by atoms with Crippen LogP contribution < -0.4 is 5.32 Å². The highest BCUT2D eigenvalue weighted by molar-refractivity contribution is 5.80. The van der Waals surface area contributed by atoms with E-state index in [9.17, 15) is 0 Å². The molecule has 2 heterocycles. The van der Waals surface area contributed by atoms with Gasteiger partial charge in [0.15, 0.2) is 5.96 Å². The average molecular weight is 306 g/mol. The van der Waals surface area contributed by atoms with E-state index in [1.54, 1.807) is 0 Å². The summed E-state index contributed by atoms with van der Waals surface area (Å²) in [6.07, 6.45) is 11.0. The van der Waals surface area contributed by atoms with Crippen molar-refractivity contribution in [3.63, 3.8) is 0 Å². The summed E-state index contributed by atoms with van der Waals surface area (Å²) in [5, 5.41) is 3.71. The van der Waals surface area contributed by atoms with Crippen molar-refractivity contribution in [2.45, 2.75) is 64.3 Å². The fourth-order valence-electron chi connectivity index (χ4n) is 4.72. The zero-order chi connectivity index (χ0) is 15.4. The van der Waals surface area contributed by atoms with Gasteiger partial charge < -0.3 is 10.2 Å². The average Bonchev–Trinajstić information content (AvgIpc) is 3.29. The van der Waals surface area contributed by atoms with Crippen LogP contribution in [-0.4, -0.2) is 61.6 Å². The summed E-state index contributed by atoms with van der Waals surface area (Å²) in [6, 6.07) is 0.757. The highest BCUT2D eigenvalue weighted by Crippen LogP contribution is 2.40. The van der Waals surface area contributed by atoms with Gasteiger partial charge in [-0.15, -0.1) is 0 Å². The summed E-state index contributed by atoms with van der Waals surface area (Å²) in [5.41, 5.74) is 0.532. The Morgan fingerprint density at radius 1 is 1.14 bits per heavy atom. The van der Waals surface area contributed by atoms with Gasteiger partial charge in [0.2, 0.25) is 0 Å². The van der Waals surface area contributed by atoms with E-state index >= 15 is 0 Å². The van der Waals surface area contributed by atoms with E-state index in [1.165, 1.54) is 77.5 Å². The van der Waals surface area contributed by atoms with Gasteiger partial charge in [-0.25, -0.2) is 0 Å². The van der Waals surface area contributed by atoms with Crippen LogP contribution in [0.4, 0.5) is 0 Å². The molecule has 3 fully saturated rings. The minimum absolute atomic E-state index is 0.532. The van der Waals surface area contributed by atoms with Crippen LogP contribution in [-0.2, 0) is 0 Å². The van der Waals surface area contributed by atoms with Crippen molar-refractivity contribution in [1.29, 1.82) is 0 Å². The number of rotatable bonds is 4. The van der Waals surface area contributed by atoms with Gasteiger partial charge in [0.25, 0.3) is 0 Å². The first kappa shape index (κ1) is 16.1. The van der Waals surface area contributed by atoms with Crippen molar-refractivity contribution in [2.24, 2.45) is 10.4 Å². The lowest BCUT2D eigenvalue weighted by atomic mass is 9.83. The first-order valence-electron chi connectivity index (χ1n) is 9.46. The first-order valence-corrected chi connectivity index (χ1v) is 9.46. The maximum absolute atomic E-state index is 4.57. The third-order valence-electron chi connectivity index (χ3n) is 6.37. The van der Waals surface area contributed by atoms with Gasteiger partial charge in [-0.2, -0.15) is 0 Å². The molecule has 3 aliphatic rings. The Hall–Kier alpha value is -0.770. The molecule has 22 heavy (non-hydrogen) atoms. The molecule has 0 bridgehead atoms. The van der Waals surface area contributed by atoms with E-state index in [0.29, 0.717) is 5.41 Å². The van der Waals surface area contributed by atoms with E-state index in [2.05, 4.69) is 27.0 Å². The fourth-order valence-corrected chi connectivity index (χ4v) is 4.72. The largest absolute Gasteiger partial charge is 0.356 e. The number of aliphatic imine (C=N–C) groups is 1. The molecule has 1 atom stereocenters. The molecular weight excluding hydrogens is 272 g/mol. The molecule has 1 unspecified atom stereocenters. The van der Waals surface area contributed by atoms with Crippen molar-refractivity contribution in [2.75, 3.05) is 39.8 Å². The Kier molecular flexibility index (Phi) is 5.27. The van der Waals surface area contributed by atoms with Gasteiger partial charge >= 0.3 is 0 Å². The molecule has 2 saturated heterocycles. The van der Waals surface area contributed by atoms with Crippen LogP contribution in [0, 0.1) is 5.41 Å². The SMILES string of the molecule is CCC1(CNC(=NC)N2CCC(N3CCCC3)C2)CCCC1. The third-order valence-corrected chi connectivity index (χ3v) is 6.37. The lowest BCUT2D eigenvalue weighted by Crippen LogP contribution is -2.45. The third kappa shape index (κ3) is 3.42. The van der Waals surface area contributed by atoms with Crippen molar-refractivity contribution in [1.82, 2.24) is 15.1 Å². The normalized spacial score (nSPS) is 29.5. The molecule has 0 amide bonds. The second-order valence-corrected chi connectivity index (χ2v) is 7.59. The molecule has 0 radical (unpaired) electrons. The Bertz CT molecular complexity index is 381. The zero-order valence-corrected chi connectivity index (χ0v) is 14.6. The van der Waals surface area contributed by atoms with Crippen LogP contribution >= 0.6 is 0 Å². The zero-order valence-electron chi connectivity index (χ0n) is 14.6. The van der Waals surface area contributed by atoms with Gasteiger partial charge in [0.1, 0.15) is 0 Å². The minimum atomic E-state index is 0.532. The Morgan fingerprint density at radius 3 is 2.50 bits per heavy atom. The van der Waals surface area contributed by atoms with Crippen LogP contribution in [0.15, 0.2) is 4.99 Å². The lowest BCUT2D eigenvalue weighted by molar-refractivity contribution is 0.247. The molecule has 3 rings (SSSR count). The summed E-state index contributed by atoms with van der Waals surface area (Å²) >= 11 is 0. The van der Waals surface area contributed by atoms with Gasteiger partial charge in [-0.05, 0) is 57.0 Å². The van der Waals surface area contributed by atoms with E-state index in [4.69, 9.17) is 0 Å². The van der Waals surface area contributed by atoms with Gasteiger partial charge in [0.05, 0.1) is 0 Å². The van der Waals surface area contributed by atoms with E-state index in [-0.39, 0.29) is 0 Å². The van der Waals surface area contributed by atoms with Crippen LogP contribution in [0.1, 0.15) is 58.3 Å². The van der Waals surface area contributed by atoms with Gasteiger partial charge in [-0.3, -0.25) is 9.89 Å². The quantitative estimate of drug-likeness (QED) is 0.640. The Morgan fingerprint density at radius 2 is 1.86 bits per heavy atom. The minimum Gasteiger partial charge on any atom is -0.356 e. The van der Waals surface area contributed by atoms with Crippen LogP contribution in [0.5, 0.6) is 0 Å². The van der Waals surface area contributed by atoms with Crippen molar-refractivity contribution in [3.05, 3.63) is 0 Å². The number of hydrogen-bond donors (Lipinski definition) is 1. The molecule has 1 N–H and O–H groups in total. The van der Waals surface area contributed by atoms with Crippen molar-refractivity contribution < 1.29 is 0 Å². The smallest absolute Gasteiger partial charge is 0.193 e. The molecular formula is C18H34N4. The maximum atomic E-state index is 4.57. The monoisotopic (exact) mass is 306 g/mol. The second-order valence-electron chi connectivity index (χ2n) is 7.59. The number of guanidine groups is 1. The Labute approximate surface area is 136 Å². The summed E-state index contributed by atoms with van der Waals surface area (Å²) in [7, 11) is 1.94. The molecule has 0 spiro atoms. The molecule has 0 aromatic rings. The lowest BCUT2D eigenvalue weighted by Gasteiger charge is -2.31. The fraction of sp³-hybridized carbons (Fsp3) is 0.944. The summed E-state index contributed by atoms with van der Waals surface area (Å²) in [6.45, 7) is 8.42. The highest BCUT2D eigenvalue weighted by atomic mass is 15.3. The molecule has 1 aliphatic carbocycles. The number of nitrogens with zero attached hydrogens (tertiary/aromatic N) is 3. The maximum Gasteiger partial charge on any atom is 0.193 e. The molecule has 4 heteroatoms. The van der Waals surface area contributed by atoms with E-state index in [0.717, 1.165) is 18.5 Å². The van der Waals surface area contributed by atoms with E-state index in [1.807, 2.05) is 7.05 Å². The summed E-state index contributed by atoms with van der Waals surface area (Å²) in [5.74, 6) is 1.14. The van der Waals surface area contributed by atoms with Crippen molar-refractivity contribution >= 4 is 5.96 Å². The number of nitrogens with one attached hydrogen (secondary N) is 1. The molecule has 2 aliphatic heterocycles. The summed E-state index contributed by atoms with van der Waals surface area (Å²) in [4.78, 5) is 9.75. The number of hydrogen-bond acceptors (Lipinski definition) is 2. The standard InChI is InChI=1S/C18H34N4/c1-3-18(9-4-5-10-18)15-20-17(19-2)22-13-8-16(14-22)21-11-6-7-12-21/h16H,3-15H2,1-2H3,(H,19,20). The summed E-state index contributed by atoms with van der Waals surface area (Å²) < 4.78 is 0. The number of likely N-dealkylation sites (tertiary alicyclic amines) is 2. The van der Waals surface area contributed by atoms with Crippen molar-refractivity contribution in [3.8, 4) is 0 Å². The van der Waals surface area contributed by atoms with Gasteiger partial charge in [0, 0.05) is 32.7 Å². The predicted molar refractivity (Wildman–Crippen MR) is 93.3 cm³/mol. The Balaban J connectivity index is 1.51. The molecule has 1 saturated carbocycles. The second kappa shape index (κ2) is 7.20. The van der Waals surface area contributed by atoms with Crippen LogP contribution in [0.25, 0.3) is 0 Å². The molecule has 0 aromatic carbocycles. The topological polar surface area (TPSA) is 30.9 Å². The van der Waals surface area contributed by atoms with Crippen LogP contribution in [0.3, 0.4) is 0 Å². The molecule has 0 aromatic heterocycles. The van der Waals surface area contributed by atoms with Crippen LogP contribution in [0.2, 0.25) is 0 Å². The molecule has 4 nitrogen and oxygen atoms in total. The predicted octanol–water partition coefficient (Wildman–Crippen LogP) is 2.70. The highest BCUT2D eigenvalue weighted by Gasteiger charge is 2.34. The van der Waals surface area contributed by atoms with E-state index < -0.39 is 0 Å². The first-order chi connectivity index (χ1) is 10.8. The molecule has 126 valence electrons.